The third-order valence-corrected chi connectivity index (χ3v) is 4.59. The predicted molar refractivity (Wildman–Crippen MR) is 101 cm³/mol. The zero-order chi connectivity index (χ0) is 17.9. The average molecular weight is 340 g/mol. The number of rotatable bonds is 5. The van der Waals surface area contributed by atoms with Gasteiger partial charge in [0.1, 0.15) is 5.82 Å². The van der Waals surface area contributed by atoms with E-state index in [1.807, 2.05) is 28.9 Å². The van der Waals surface area contributed by atoms with E-state index in [1.165, 1.54) is 5.56 Å². The van der Waals surface area contributed by atoms with Crippen LogP contribution in [0.25, 0.3) is 0 Å². The van der Waals surface area contributed by atoms with Crippen molar-refractivity contribution < 1.29 is 4.79 Å². The molecule has 0 spiro atoms. The molecular weight excluding hydrogens is 312 g/mol. The van der Waals surface area contributed by atoms with E-state index in [0.717, 1.165) is 30.9 Å². The molecule has 3 rings (SSSR count). The summed E-state index contributed by atoms with van der Waals surface area (Å²) in [5.74, 6) is 0.825. The first-order valence-electron chi connectivity index (χ1n) is 9.07. The average Bonchev–Trinajstić information content (AvgIpc) is 3.18. The highest BCUT2D eigenvalue weighted by molar-refractivity contribution is 5.90. The lowest BCUT2D eigenvalue weighted by molar-refractivity contribution is -0.116. The summed E-state index contributed by atoms with van der Waals surface area (Å²) in [4.78, 5) is 12.4. The Morgan fingerprint density at radius 1 is 1.32 bits per heavy atom. The van der Waals surface area contributed by atoms with Gasteiger partial charge >= 0.3 is 0 Å². The lowest BCUT2D eigenvalue weighted by atomic mass is 9.92. The van der Waals surface area contributed by atoms with Crippen LogP contribution >= 0.6 is 0 Å². The molecule has 134 valence electrons. The number of aromatic nitrogens is 2. The third-order valence-electron chi connectivity index (χ3n) is 4.59. The summed E-state index contributed by atoms with van der Waals surface area (Å²) in [6, 6.07) is 12.5. The minimum Gasteiger partial charge on any atom is -0.313 e. The molecular formula is C20H28N4O. The standard InChI is InChI=1S/C20H28N4O/c1-20(2,3)17-13-18(22-19(25)12-16-10-7-11-21-16)24(23-17)14-15-8-5-4-6-9-15/h4-6,8-9,13,16,21H,7,10-12,14H2,1-3H3,(H,22,25). The quantitative estimate of drug-likeness (QED) is 0.878. The minimum absolute atomic E-state index is 0.0501. The summed E-state index contributed by atoms with van der Waals surface area (Å²) in [6.07, 6.45) is 2.74. The van der Waals surface area contributed by atoms with Crippen molar-refractivity contribution in [1.82, 2.24) is 15.1 Å². The molecule has 0 bridgehead atoms. The normalized spacial score (nSPS) is 17.6. The third kappa shape index (κ3) is 4.69. The van der Waals surface area contributed by atoms with Gasteiger partial charge < -0.3 is 10.6 Å². The van der Waals surface area contributed by atoms with E-state index in [0.29, 0.717) is 19.0 Å². The van der Waals surface area contributed by atoms with Crippen LogP contribution in [0.15, 0.2) is 36.4 Å². The van der Waals surface area contributed by atoms with Crippen molar-refractivity contribution in [3.63, 3.8) is 0 Å². The number of benzene rings is 1. The Balaban J connectivity index is 1.78. The molecule has 2 N–H and O–H groups in total. The van der Waals surface area contributed by atoms with Gasteiger partial charge in [-0.05, 0) is 24.9 Å². The van der Waals surface area contributed by atoms with Crippen LogP contribution in [0.2, 0.25) is 0 Å². The summed E-state index contributed by atoms with van der Waals surface area (Å²) in [5.41, 5.74) is 2.09. The summed E-state index contributed by atoms with van der Waals surface area (Å²) in [5, 5.41) is 11.2. The van der Waals surface area contributed by atoms with Crippen LogP contribution in [-0.2, 0) is 16.8 Å². The maximum atomic E-state index is 12.4. The highest BCUT2D eigenvalue weighted by atomic mass is 16.1. The number of nitrogens with zero attached hydrogens (tertiary/aromatic N) is 2. The fourth-order valence-corrected chi connectivity index (χ4v) is 3.11. The molecule has 0 radical (unpaired) electrons. The number of carbonyl (C=O) groups is 1. The van der Waals surface area contributed by atoms with E-state index in [4.69, 9.17) is 5.10 Å². The van der Waals surface area contributed by atoms with Gasteiger partial charge in [0.25, 0.3) is 0 Å². The molecule has 25 heavy (non-hydrogen) atoms. The molecule has 2 heterocycles. The first kappa shape index (κ1) is 17.7. The van der Waals surface area contributed by atoms with Crippen LogP contribution in [0.3, 0.4) is 0 Å². The second kappa shape index (κ2) is 7.40. The Hall–Kier alpha value is -2.14. The lowest BCUT2D eigenvalue weighted by Crippen LogP contribution is -2.28. The SMILES string of the molecule is CC(C)(C)c1cc(NC(=O)CC2CCCN2)n(Cc2ccccc2)n1. The molecule has 1 saturated heterocycles. The highest BCUT2D eigenvalue weighted by Gasteiger charge is 2.22. The molecule has 5 nitrogen and oxygen atoms in total. The Morgan fingerprint density at radius 3 is 2.72 bits per heavy atom. The number of carbonyl (C=O) groups excluding carboxylic acids is 1. The van der Waals surface area contributed by atoms with Crippen molar-refractivity contribution >= 4 is 11.7 Å². The molecule has 0 saturated carbocycles. The molecule has 5 heteroatoms. The van der Waals surface area contributed by atoms with E-state index in [1.54, 1.807) is 0 Å². The Kier molecular flexibility index (Phi) is 5.23. The van der Waals surface area contributed by atoms with Crippen LogP contribution in [0, 0.1) is 0 Å². The van der Waals surface area contributed by atoms with Gasteiger partial charge in [0.05, 0.1) is 12.2 Å². The van der Waals surface area contributed by atoms with Crippen LogP contribution in [0.4, 0.5) is 5.82 Å². The molecule has 1 aromatic carbocycles. The van der Waals surface area contributed by atoms with Gasteiger partial charge in [-0.1, -0.05) is 51.1 Å². The number of amides is 1. The summed E-state index contributed by atoms with van der Waals surface area (Å²) >= 11 is 0. The van der Waals surface area contributed by atoms with Gasteiger partial charge in [-0.3, -0.25) is 4.79 Å². The van der Waals surface area contributed by atoms with Crippen LogP contribution < -0.4 is 10.6 Å². The molecule has 1 unspecified atom stereocenters. The molecule has 2 aromatic rings. The largest absolute Gasteiger partial charge is 0.313 e. The van der Waals surface area contributed by atoms with Gasteiger partial charge in [-0.2, -0.15) is 5.10 Å². The summed E-state index contributed by atoms with van der Waals surface area (Å²) < 4.78 is 1.90. The van der Waals surface area contributed by atoms with Crippen molar-refractivity contribution in [3.8, 4) is 0 Å². The van der Waals surface area contributed by atoms with Crippen LogP contribution in [0.1, 0.15) is 51.3 Å². The number of nitrogens with one attached hydrogen (secondary N) is 2. The summed E-state index contributed by atoms with van der Waals surface area (Å²) in [7, 11) is 0. The van der Waals surface area contributed by atoms with Gasteiger partial charge in [-0.15, -0.1) is 0 Å². The highest BCUT2D eigenvalue weighted by Crippen LogP contribution is 2.25. The van der Waals surface area contributed by atoms with E-state index in [-0.39, 0.29) is 11.3 Å². The van der Waals surface area contributed by atoms with Crippen LogP contribution in [-0.4, -0.2) is 28.3 Å². The lowest BCUT2D eigenvalue weighted by Gasteiger charge is -2.14. The first-order chi connectivity index (χ1) is 11.9. The molecule has 1 amide bonds. The van der Waals surface area contributed by atoms with Crippen molar-refractivity contribution in [2.45, 2.75) is 58.0 Å². The second-order valence-corrected chi connectivity index (χ2v) is 7.85. The number of hydrogen-bond donors (Lipinski definition) is 2. The van der Waals surface area contributed by atoms with E-state index < -0.39 is 0 Å². The monoisotopic (exact) mass is 340 g/mol. The van der Waals surface area contributed by atoms with E-state index in [2.05, 4.69) is 43.5 Å². The van der Waals surface area contributed by atoms with E-state index in [9.17, 15) is 4.79 Å². The predicted octanol–water partition coefficient (Wildman–Crippen LogP) is 3.31. The number of hydrogen-bond acceptors (Lipinski definition) is 3. The first-order valence-corrected chi connectivity index (χ1v) is 9.07. The fraction of sp³-hybridized carbons (Fsp3) is 0.500. The summed E-state index contributed by atoms with van der Waals surface area (Å²) in [6.45, 7) is 8.06. The Bertz CT molecular complexity index is 709. The maximum absolute atomic E-state index is 12.4. The second-order valence-electron chi connectivity index (χ2n) is 7.85. The Morgan fingerprint density at radius 2 is 2.08 bits per heavy atom. The van der Waals surface area contributed by atoms with Gasteiger partial charge in [-0.25, -0.2) is 4.68 Å². The zero-order valence-corrected chi connectivity index (χ0v) is 15.4. The zero-order valence-electron chi connectivity index (χ0n) is 15.4. The van der Waals surface area contributed by atoms with Gasteiger partial charge in [0, 0.05) is 23.9 Å². The molecule has 1 aromatic heterocycles. The van der Waals surface area contributed by atoms with Crippen molar-refractivity contribution in [3.05, 3.63) is 47.7 Å². The Labute approximate surface area is 149 Å². The van der Waals surface area contributed by atoms with Crippen molar-refractivity contribution in [1.29, 1.82) is 0 Å². The molecule has 1 fully saturated rings. The molecule has 1 atom stereocenters. The topological polar surface area (TPSA) is 59.0 Å². The smallest absolute Gasteiger partial charge is 0.227 e. The van der Waals surface area contributed by atoms with E-state index >= 15 is 0 Å². The van der Waals surface area contributed by atoms with Gasteiger partial charge in [0.2, 0.25) is 5.91 Å². The molecule has 1 aliphatic heterocycles. The minimum atomic E-state index is -0.0611. The van der Waals surface area contributed by atoms with Crippen molar-refractivity contribution in [2.75, 3.05) is 11.9 Å². The molecule has 0 aliphatic carbocycles. The van der Waals surface area contributed by atoms with Crippen molar-refractivity contribution in [2.24, 2.45) is 0 Å². The fourth-order valence-electron chi connectivity index (χ4n) is 3.11. The van der Waals surface area contributed by atoms with Crippen LogP contribution in [0.5, 0.6) is 0 Å². The maximum Gasteiger partial charge on any atom is 0.227 e. The number of anilines is 1. The molecule has 1 aliphatic rings. The van der Waals surface area contributed by atoms with Gasteiger partial charge in [0.15, 0.2) is 0 Å².